The predicted molar refractivity (Wildman–Crippen MR) is 27.3 cm³/mol. The van der Waals surface area contributed by atoms with Crippen molar-refractivity contribution < 1.29 is 16.5 Å². The van der Waals surface area contributed by atoms with E-state index in [9.17, 15) is 0 Å². The van der Waals surface area contributed by atoms with Gasteiger partial charge in [-0.1, -0.05) is 31.9 Å². The molecule has 0 N–H and O–H groups in total. The minimum absolute atomic E-state index is 0. The zero-order valence-electron chi connectivity index (χ0n) is 2.60. The number of hydrogen-bond donors (Lipinski definition) is 0. The van der Waals surface area contributed by atoms with Gasteiger partial charge in [0.25, 0.3) is 0 Å². The fraction of sp³-hybridized carbons (Fsp3) is 0.500. The summed E-state index contributed by atoms with van der Waals surface area (Å²) >= 11 is 5.86. The maximum atomic E-state index is 7.80. The number of alkyl halides is 2. The average Bonchev–Trinajstić information content (AvgIpc) is 1.38. The van der Waals surface area contributed by atoms with Crippen molar-refractivity contribution in [2.45, 2.75) is 3.74 Å². The van der Waals surface area contributed by atoms with Crippen LogP contribution in [0, 0.1) is 11.3 Å². The first-order chi connectivity index (χ1) is 2.27. The summed E-state index contributed by atoms with van der Waals surface area (Å²) in [6, 6.07) is 1.86. The van der Waals surface area contributed by atoms with Crippen molar-refractivity contribution in [1.82, 2.24) is 0 Å². The van der Waals surface area contributed by atoms with Gasteiger partial charge in [-0.3, -0.25) is 0 Å². The molecule has 0 atom stereocenters. The van der Waals surface area contributed by atoms with Gasteiger partial charge in [0.15, 0.2) is 3.74 Å². The van der Waals surface area contributed by atoms with Crippen LogP contribution in [0.3, 0.4) is 0 Å². The van der Waals surface area contributed by atoms with Crippen molar-refractivity contribution in [2.75, 3.05) is 0 Å². The van der Waals surface area contributed by atoms with Crippen LogP contribution in [0.2, 0.25) is 0 Å². The second kappa shape index (κ2) is 5.94. The molecule has 1 nitrogen and oxygen atoms in total. The summed E-state index contributed by atoms with van der Waals surface area (Å²) in [5.41, 5.74) is 0. The van der Waals surface area contributed by atoms with Crippen LogP contribution in [0.15, 0.2) is 0 Å². The minimum atomic E-state index is -0.185. The minimum Gasteiger partial charge on any atom is -0.196 e. The summed E-state index contributed by atoms with van der Waals surface area (Å²) < 4.78 is -0.185. The van der Waals surface area contributed by atoms with Gasteiger partial charge in [0.1, 0.15) is 0 Å². The zero-order valence-corrected chi connectivity index (χ0v) is 6.76. The third kappa shape index (κ3) is 8.87. The normalized spacial score (nSPS) is 6.33. The molecule has 0 radical (unpaired) electrons. The molecule has 0 aromatic heterocycles. The van der Waals surface area contributed by atoms with Crippen LogP contribution in [-0.2, 0) is 16.5 Å². The van der Waals surface area contributed by atoms with Crippen LogP contribution in [0.1, 0.15) is 0 Å². The first kappa shape index (κ1) is 10.0. The van der Waals surface area contributed by atoms with Crippen molar-refractivity contribution in [3.05, 3.63) is 0 Å². The molecule has 0 rings (SSSR count). The van der Waals surface area contributed by atoms with E-state index in [1.54, 1.807) is 0 Å². The van der Waals surface area contributed by atoms with Gasteiger partial charge in [0.05, 0.1) is 6.07 Å². The van der Waals surface area contributed by atoms with Gasteiger partial charge in [-0.15, -0.1) is 0 Å². The quantitative estimate of drug-likeness (QED) is 0.478. The van der Waals surface area contributed by atoms with Crippen LogP contribution < -0.4 is 0 Å². The maximum absolute atomic E-state index is 7.80. The van der Waals surface area contributed by atoms with Crippen molar-refractivity contribution in [3.8, 4) is 6.07 Å². The van der Waals surface area contributed by atoms with Crippen LogP contribution in [0.25, 0.3) is 0 Å². The fourth-order valence-electron chi connectivity index (χ4n) is 0. The summed E-state index contributed by atoms with van der Waals surface area (Å²) in [6.07, 6.45) is 0. The van der Waals surface area contributed by atoms with Gasteiger partial charge in [-0.25, -0.2) is 0 Å². The summed E-state index contributed by atoms with van der Waals surface area (Å²) in [7, 11) is 0. The van der Waals surface area contributed by atoms with Gasteiger partial charge >= 0.3 is 0 Å². The van der Waals surface area contributed by atoms with Crippen molar-refractivity contribution in [2.24, 2.45) is 0 Å². The second-order valence-corrected chi connectivity index (χ2v) is 3.49. The predicted octanol–water partition coefficient (Wildman–Crippen LogP) is 1.62. The Hall–Kier alpha value is 0.944. The number of hydrogen-bond acceptors (Lipinski definition) is 1. The van der Waals surface area contributed by atoms with E-state index >= 15 is 0 Å². The molecule has 0 spiro atoms. The van der Waals surface area contributed by atoms with Crippen LogP contribution in [0.5, 0.6) is 0 Å². The molecule has 4 heteroatoms. The van der Waals surface area contributed by atoms with E-state index in [1.807, 2.05) is 6.07 Å². The summed E-state index contributed by atoms with van der Waals surface area (Å²) in [5.74, 6) is 0. The van der Waals surface area contributed by atoms with Gasteiger partial charge in [0, 0.05) is 16.5 Å². The van der Waals surface area contributed by atoms with Gasteiger partial charge < -0.3 is 0 Å². The third-order valence-corrected chi connectivity index (χ3v) is 0.507. The molecule has 0 amide bonds. The van der Waals surface area contributed by atoms with Crippen LogP contribution in [0.4, 0.5) is 0 Å². The molecule has 0 aliphatic rings. The fourth-order valence-corrected chi connectivity index (χ4v) is 0. The molecular weight excluding hydrogens is 257 g/mol. The Labute approximate surface area is 63.3 Å². The summed E-state index contributed by atoms with van der Waals surface area (Å²) in [5, 5.41) is 7.80. The van der Waals surface area contributed by atoms with Gasteiger partial charge in [-0.05, 0) is 0 Å². The second-order valence-electron chi connectivity index (χ2n) is 0.430. The van der Waals surface area contributed by atoms with Gasteiger partial charge in [0.2, 0.25) is 0 Å². The van der Waals surface area contributed by atoms with Crippen LogP contribution in [-0.4, -0.2) is 3.74 Å². The van der Waals surface area contributed by atoms with E-state index in [1.165, 1.54) is 0 Å². The Morgan fingerprint density at radius 2 is 1.67 bits per heavy atom. The summed E-state index contributed by atoms with van der Waals surface area (Å²) in [4.78, 5) is 0. The molecule has 0 unspecified atom stereocenters. The SMILES string of the molecule is N#CC(Br)Br.[Ni]. The maximum Gasteiger partial charge on any atom is 0.156 e. The van der Waals surface area contributed by atoms with E-state index in [0.717, 1.165) is 0 Å². The summed E-state index contributed by atoms with van der Waals surface area (Å²) in [6.45, 7) is 0. The zero-order chi connectivity index (χ0) is 4.28. The van der Waals surface area contributed by atoms with Crippen LogP contribution >= 0.6 is 31.9 Å². The first-order valence-corrected chi connectivity index (χ1v) is 2.78. The Bertz CT molecular complexity index is 57.1. The van der Waals surface area contributed by atoms with E-state index in [2.05, 4.69) is 31.9 Å². The molecule has 0 aliphatic carbocycles. The molecule has 6 heavy (non-hydrogen) atoms. The molecule has 0 heterocycles. The van der Waals surface area contributed by atoms with E-state index < -0.39 is 0 Å². The smallest absolute Gasteiger partial charge is 0.156 e. The van der Waals surface area contributed by atoms with Crippen molar-refractivity contribution >= 4 is 31.9 Å². The average molecular weight is 258 g/mol. The molecule has 0 bridgehead atoms. The van der Waals surface area contributed by atoms with E-state index in [0.29, 0.717) is 0 Å². The molecule has 38 valence electrons. The standard InChI is InChI=1S/C2HBr2N.Ni/c3-2(4)1-5;/h2H;. The Kier molecular flexibility index (Phi) is 9.94. The molecule has 0 aromatic rings. The molecule has 0 fully saturated rings. The Morgan fingerprint density at radius 1 is 1.50 bits per heavy atom. The van der Waals surface area contributed by atoms with E-state index in [4.69, 9.17) is 5.26 Å². The third-order valence-electron chi connectivity index (χ3n) is 0.0976. The molecule has 0 saturated heterocycles. The molecule has 0 saturated carbocycles. The molecule has 0 aromatic carbocycles. The Balaban J connectivity index is 0. The number of nitriles is 1. The van der Waals surface area contributed by atoms with E-state index in [-0.39, 0.29) is 20.2 Å². The topological polar surface area (TPSA) is 23.8 Å². The van der Waals surface area contributed by atoms with Crippen molar-refractivity contribution in [3.63, 3.8) is 0 Å². The first-order valence-electron chi connectivity index (χ1n) is 0.949. The number of halogens is 2. The molecule has 0 aliphatic heterocycles. The van der Waals surface area contributed by atoms with Gasteiger partial charge in [-0.2, -0.15) is 5.26 Å². The Morgan fingerprint density at radius 3 is 1.67 bits per heavy atom. The van der Waals surface area contributed by atoms with Crippen molar-refractivity contribution in [1.29, 1.82) is 5.26 Å². The monoisotopic (exact) mass is 255 g/mol. The number of nitrogens with zero attached hydrogens (tertiary/aromatic N) is 1. The molecular formula is C2HBr2NNi. The largest absolute Gasteiger partial charge is 0.196 e. The number of rotatable bonds is 0.